The van der Waals surface area contributed by atoms with E-state index in [-0.39, 0.29) is 0 Å². The molecule has 0 aliphatic rings. The average molecular weight is 407 g/mol. The summed E-state index contributed by atoms with van der Waals surface area (Å²) in [4.78, 5) is 25.1. The molecular weight excluding hydrogens is 391 g/mol. The summed E-state index contributed by atoms with van der Waals surface area (Å²) in [5, 5.41) is 0.710. The van der Waals surface area contributed by atoms with Crippen molar-refractivity contribution in [2.75, 3.05) is 14.2 Å². The fourth-order valence-corrected chi connectivity index (χ4v) is 3.02. The molecule has 0 fully saturated rings. The van der Waals surface area contributed by atoms with Crippen LogP contribution in [0.5, 0.6) is 11.5 Å². The molecule has 0 radical (unpaired) electrons. The van der Waals surface area contributed by atoms with Crippen molar-refractivity contribution in [2.24, 2.45) is 0 Å². The zero-order chi connectivity index (χ0) is 19.7. The van der Waals surface area contributed by atoms with Gasteiger partial charge in [0, 0.05) is 36.9 Å². The van der Waals surface area contributed by atoms with Gasteiger partial charge in [0.15, 0.2) is 0 Å². The van der Waals surface area contributed by atoms with Gasteiger partial charge in [0.2, 0.25) is 5.91 Å². The normalized spacial score (nSPS) is 10.7. The third-order valence-electron chi connectivity index (χ3n) is 4.03. The van der Waals surface area contributed by atoms with Crippen LogP contribution in [0.15, 0.2) is 47.4 Å². The van der Waals surface area contributed by atoms with Gasteiger partial charge in [-0.15, -0.1) is 0 Å². The second-order valence-corrected chi connectivity index (χ2v) is 6.54. The summed E-state index contributed by atoms with van der Waals surface area (Å²) in [6.07, 6.45) is 1.57. The highest BCUT2D eigenvalue weighted by Crippen LogP contribution is 2.30. The van der Waals surface area contributed by atoms with E-state index in [1.165, 1.54) is 25.7 Å². The van der Waals surface area contributed by atoms with Gasteiger partial charge in [0.1, 0.15) is 11.5 Å². The van der Waals surface area contributed by atoms with Gasteiger partial charge in [-0.2, -0.15) is 0 Å². The molecule has 3 rings (SSSR count). The van der Waals surface area contributed by atoms with Crippen molar-refractivity contribution >= 4 is 29.1 Å². The van der Waals surface area contributed by atoms with Crippen molar-refractivity contribution in [3.05, 3.63) is 63.1 Å². The Morgan fingerprint density at radius 3 is 2.11 bits per heavy atom. The van der Waals surface area contributed by atoms with E-state index in [0.29, 0.717) is 38.5 Å². The lowest BCUT2D eigenvalue weighted by Gasteiger charge is -2.08. The molecule has 0 saturated heterocycles. The highest BCUT2D eigenvalue weighted by molar-refractivity contribution is 6.42. The Labute approximate surface area is 165 Å². The monoisotopic (exact) mass is 406 g/mol. The standard InChI is InChI=1S/C19H16Cl2N2O4/c1-11(24)23-18(12-4-5-16(20)17(21)6-12)10-22(19(23)25)13-7-14(26-2)9-15(8-13)27-3/h4-10H,1-3H3. The van der Waals surface area contributed by atoms with Crippen LogP contribution in [0.4, 0.5) is 0 Å². The molecule has 6 nitrogen and oxygen atoms in total. The number of aromatic nitrogens is 2. The molecule has 0 amide bonds. The summed E-state index contributed by atoms with van der Waals surface area (Å²) < 4.78 is 12.9. The molecule has 0 N–H and O–H groups in total. The Hall–Kier alpha value is -2.70. The average Bonchev–Trinajstić information content (AvgIpc) is 3.01. The van der Waals surface area contributed by atoms with Gasteiger partial charge >= 0.3 is 5.69 Å². The van der Waals surface area contributed by atoms with Gasteiger partial charge in [-0.25, -0.2) is 9.36 Å². The largest absolute Gasteiger partial charge is 0.497 e. The van der Waals surface area contributed by atoms with Crippen molar-refractivity contribution in [3.8, 4) is 28.4 Å². The topological polar surface area (TPSA) is 62.5 Å². The second kappa shape index (κ2) is 7.50. The number of methoxy groups -OCH3 is 2. The second-order valence-electron chi connectivity index (χ2n) is 5.72. The van der Waals surface area contributed by atoms with Crippen LogP contribution in [0.1, 0.15) is 11.7 Å². The van der Waals surface area contributed by atoms with E-state index in [0.717, 1.165) is 4.57 Å². The maximum absolute atomic E-state index is 12.9. The fourth-order valence-electron chi connectivity index (χ4n) is 2.73. The molecule has 2 aromatic carbocycles. The highest BCUT2D eigenvalue weighted by atomic mass is 35.5. The maximum Gasteiger partial charge on any atom is 0.340 e. The summed E-state index contributed by atoms with van der Waals surface area (Å²) in [5.41, 5.74) is 0.967. The van der Waals surface area contributed by atoms with E-state index < -0.39 is 11.6 Å². The molecule has 1 heterocycles. The molecule has 0 atom stereocenters. The molecule has 27 heavy (non-hydrogen) atoms. The first kappa shape index (κ1) is 19.1. The molecule has 0 saturated carbocycles. The first-order valence-electron chi connectivity index (χ1n) is 7.90. The van der Waals surface area contributed by atoms with Crippen LogP contribution >= 0.6 is 23.2 Å². The number of carbonyl (C=O) groups excluding carboxylic acids is 1. The van der Waals surface area contributed by atoms with E-state index >= 15 is 0 Å². The summed E-state index contributed by atoms with van der Waals surface area (Å²) in [5.74, 6) is 0.612. The van der Waals surface area contributed by atoms with Crippen LogP contribution in [-0.2, 0) is 0 Å². The summed E-state index contributed by atoms with van der Waals surface area (Å²) >= 11 is 12.1. The predicted molar refractivity (Wildman–Crippen MR) is 105 cm³/mol. The van der Waals surface area contributed by atoms with Crippen LogP contribution in [0.3, 0.4) is 0 Å². The van der Waals surface area contributed by atoms with Gasteiger partial charge in [0.05, 0.1) is 35.6 Å². The van der Waals surface area contributed by atoms with E-state index in [1.54, 1.807) is 42.6 Å². The van der Waals surface area contributed by atoms with Gasteiger partial charge < -0.3 is 9.47 Å². The quantitative estimate of drug-likeness (QED) is 0.648. The Bertz CT molecular complexity index is 1060. The predicted octanol–water partition coefficient (Wildman–Crippen LogP) is 4.29. The lowest BCUT2D eigenvalue weighted by atomic mass is 10.1. The number of benzene rings is 2. The number of hydrogen-bond acceptors (Lipinski definition) is 4. The summed E-state index contributed by atoms with van der Waals surface area (Å²) in [6, 6.07) is 9.95. The van der Waals surface area contributed by atoms with Crippen molar-refractivity contribution in [2.45, 2.75) is 6.92 Å². The Balaban J connectivity index is 2.26. The minimum Gasteiger partial charge on any atom is -0.497 e. The SMILES string of the molecule is COc1cc(OC)cc(-n2cc(-c3ccc(Cl)c(Cl)c3)n(C(C)=O)c2=O)c1. The molecule has 3 aromatic rings. The summed E-state index contributed by atoms with van der Waals surface area (Å²) in [6.45, 7) is 1.32. The van der Waals surface area contributed by atoms with Crippen LogP contribution in [0, 0.1) is 0 Å². The maximum atomic E-state index is 12.9. The zero-order valence-electron chi connectivity index (χ0n) is 14.8. The van der Waals surface area contributed by atoms with Gasteiger partial charge in [0.25, 0.3) is 0 Å². The van der Waals surface area contributed by atoms with Gasteiger partial charge in [-0.3, -0.25) is 9.36 Å². The smallest absolute Gasteiger partial charge is 0.340 e. The van der Waals surface area contributed by atoms with Gasteiger partial charge in [-0.1, -0.05) is 29.3 Å². The van der Waals surface area contributed by atoms with Gasteiger partial charge in [-0.05, 0) is 12.1 Å². The molecule has 0 bridgehead atoms. The number of rotatable bonds is 4. The van der Waals surface area contributed by atoms with E-state index in [9.17, 15) is 9.59 Å². The summed E-state index contributed by atoms with van der Waals surface area (Å²) in [7, 11) is 3.03. The van der Waals surface area contributed by atoms with E-state index in [1.807, 2.05) is 0 Å². The van der Waals surface area contributed by atoms with Crippen molar-refractivity contribution < 1.29 is 14.3 Å². The number of ether oxygens (including phenoxy) is 2. The van der Waals surface area contributed by atoms with E-state index in [4.69, 9.17) is 32.7 Å². The molecule has 0 unspecified atom stereocenters. The Kier molecular flexibility index (Phi) is 5.30. The van der Waals surface area contributed by atoms with Crippen LogP contribution < -0.4 is 15.2 Å². The van der Waals surface area contributed by atoms with Crippen molar-refractivity contribution in [1.29, 1.82) is 0 Å². The van der Waals surface area contributed by atoms with Crippen LogP contribution in [0.25, 0.3) is 16.9 Å². The minimum absolute atomic E-state index is 0.326. The molecule has 0 aliphatic heterocycles. The minimum atomic E-state index is -0.515. The van der Waals surface area contributed by atoms with Crippen LogP contribution in [0.2, 0.25) is 10.0 Å². The Morgan fingerprint density at radius 2 is 1.59 bits per heavy atom. The molecule has 8 heteroatoms. The van der Waals surface area contributed by atoms with Crippen LogP contribution in [-0.4, -0.2) is 29.3 Å². The number of carbonyl (C=O) groups is 1. The third kappa shape index (κ3) is 3.59. The zero-order valence-corrected chi connectivity index (χ0v) is 16.3. The molecule has 140 valence electrons. The first-order chi connectivity index (χ1) is 12.8. The number of imidazole rings is 1. The highest BCUT2D eigenvalue weighted by Gasteiger charge is 2.18. The molecule has 0 aliphatic carbocycles. The fraction of sp³-hybridized carbons (Fsp3) is 0.158. The molecule has 1 aromatic heterocycles. The van der Waals surface area contributed by atoms with Crippen molar-refractivity contribution in [3.63, 3.8) is 0 Å². The lowest BCUT2D eigenvalue weighted by Crippen LogP contribution is -2.27. The Morgan fingerprint density at radius 1 is 0.963 bits per heavy atom. The lowest BCUT2D eigenvalue weighted by molar-refractivity contribution is 0.0934. The number of halogens is 2. The first-order valence-corrected chi connectivity index (χ1v) is 8.65. The molecular formula is C19H16Cl2N2O4. The molecule has 0 spiro atoms. The van der Waals surface area contributed by atoms with Crippen molar-refractivity contribution in [1.82, 2.24) is 9.13 Å². The third-order valence-corrected chi connectivity index (χ3v) is 4.77. The number of nitrogens with zero attached hydrogens (tertiary/aromatic N) is 2. The van der Waals surface area contributed by atoms with E-state index in [2.05, 4.69) is 0 Å². The number of hydrogen-bond donors (Lipinski definition) is 0.